The number of carbonyl (C=O) groups excluding carboxylic acids is 1. The molecule has 0 saturated heterocycles. The molecule has 1 aromatic heterocycles. The molecule has 7 heteroatoms. The van der Waals surface area contributed by atoms with Gasteiger partial charge in [-0.3, -0.25) is 15.2 Å². The topological polar surface area (TPSA) is 111 Å². The van der Waals surface area contributed by atoms with Crippen LogP contribution in [0.25, 0.3) is 0 Å². The summed E-state index contributed by atoms with van der Waals surface area (Å²) >= 11 is 0. The number of carbonyl (C=O) groups is 1. The predicted molar refractivity (Wildman–Crippen MR) is 54.1 cm³/mol. The Morgan fingerprint density at radius 1 is 1.38 bits per heavy atom. The van der Waals surface area contributed by atoms with Crippen molar-refractivity contribution in [2.75, 3.05) is 5.32 Å². The summed E-state index contributed by atoms with van der Waals surface area (Å²) in [6.07, 6.45) is 1.30. The van der Waals surface area contributed by atoms with E-state index < -0.39 is 5.91 Å². The van der Waals surface area contributed by atoms with Gasteiger partial charge in [-0.2, -0.15) is 0 Å². The lowest BCUT2D eigenvalue weighted by Crippen LogP contribution is -2.13. The number of aromatic amines is 1. The highest BCUT2D eigenvalue weighted by Gasteiger charge is 2.13. The SMILES string of the molecule is O=C(Nc1nc[nH]n1)c1cc(O)ccc1O. The molecule has 0 aliphatic carbocycles. The average Bonchev–Trinajstić information content (AvgIpc) is 2.74. The molecule has 1 amide bonds. The van der Waals surface area contributed by atoms with E-state index in [1.54, 1.807) is 0 Å². The maximum Gasteiger partial charge on any atom is 0.261 e. The molecule has 0 radical (unpaired) electrons. The second-order valence-corrected chi connectivity index (χ2v) is 2.98. The number of phenols is 2. The molecule has 82 valence electrons. The highest BCUT2D eigenvalue weighted by Crippen LogP contribution is 2.22. The molecular weight excluding hydrogens is 212 g/mol. The number of H-pyrrole nitrogens is 1. The Morgan fingerprint density at radius 3 is 2.88 bits per heavy atom. The Morgan fingerprint density at radius 2 is 2.19 bits per heavy atom. The van der Waals surface area contributed by atoms with Crippen molar-refractivity contribution in [3.05, 3.63) is 30.1 Å². The van der Waals surface area contributed by atoms with E-state index in [9.17, 15) is 15.0 Å². The molecule has 1 aromatic carbocycles. The molecule has 0 spiro atoms. The van der Waals surface area contributed by atoms with Crippen LogP contribution >= 0.6 is 0 Å². The van der Waals surface area contributed by atoms with Crippen molar-refractivity contribution in [3.8, 4) is 11.5 Å². The van der Waals surface area contributed by atoms with E-state index in [-0.39, 0.29) is 23.0 Å². The Kier molecular flexibility index (Phi) is 2.42. The van der Waals surface area contributed by atoms with E-state index in [0.717, 1.165) is 6.07 Å². The average molecular weight is 220 g/mol. The summed E-state index contributed by atoms with van der Waals surface area (Å²) in [5.41, 5.74) is -0.0511. The fourth-order valence-corrected chi connectivity index (χ4v) is 1.14. The molecule has 2 rings (SSSR count). The molecule has 2 aromatic rings. The Bertz CT molecular complexity index is 509. The van der Waals surface area contributed by atoms with Crippen LogP contribution in [0.1, 0.15) is 10.4 Å². The standard InChI is InChI=1S/C9H8N4O3/c14-5-1-2-7(15)6(3-5)8(16)12-9-10-4-11-13-9/h1-4,14-15H,(H2,10,11,12,13,16). The minimum atomic E-state index is -0.604. The van der Waals surface area contributed by atoms with Gasteiger partial charge in [-0.1, -0.05) is 0 Å². The van der Waals surface area contributed by atoms with E-state index in [1.807, 2.05) is 0 Å². The lowest BCUT2D eigenvalue weighted by atomic mass is 10.2. The summed E-state index contributed by atoms with van der Waals surface area (Å²) in [6, 6.07) is 3.65. The molecule has 0 atom stereocenters. The summed E-state index contributed by atoms with van der Waals surface area (Å²) in [5, 5.41) is 27.0. The van der Waals surface area contributed by atoms with Crippen molar-refractivity contribution in [1.29, 1.82) is 0 Å². The minimum absolute atomic E-state index is 0.0511. The van der Waals surface area contributed by atoms with Gasteiger partial charge in [0.15, 0.2) is 0 Å². The number of benzene rings is 1. The lowest BCUT2D eigenvalue weighted by Gasteiger charge is -2.03. The first-order chi connectivity index (χ1) is 7.66. The fraction of sp³-hybridized carbons (Fsp3) is 0. The molecule has 0 aliphatic rings. The van der Waals surface area contributed by atoms with E-state index in [0.29, 0.717) is 0 Å². The van der Waals surface area contributed by atoms with Crippen molar-refractivity contribution >= 4 is 11.9 Å². The van der Waals surface area contributed by atoms with Crippen LogP contribution in [0.15, 0.2) is 24.5 Å². The maximum atomic E-state index is 11.6. The van der Waals surface area contributed by atoms with Gasteiger partial charge in [0.25, 0.3) is 5.91 Å². The maximum absolute atomic E-state index is 11.6. The fourth-order valence-electron chi connectivity index (χ4n) is 1.14. The van der Waals surface area contributed by atoms with Crippen molar-refractivity contribution in [3.63, 3.8) is 0 Å². The van der Waals surface area contributed by atoms with Gasteiger partial charge >= 0.3 is 0 Å². The number of nitrogens with zero attached hydrogens (tertiary/aromatic N) is 2. The molecule has 0 unspecified atom stereocenters. The molecular formula is C9H8N4O3. The zero-order valence-corrected chi connectivity index (χ0v) is 8.01. The molecule has 16 heavy (non-hydrogen) atoms. The van der Waals surface area contributed by atoms with Crippen molar-refractivity contribution in [1.82, 2.24) is 15.2 Å². The van der Waals surface area contributed by atoms with Crippen LogP contribution in [-0.2, 0) is 0 Å². The van der Waals surface area contributed by atoms with Crippen LogP contribution in [0.4, 0.5) is 5.95 Å². The molecule has 4 N–H and O–H groups in total. The quantitative estimate of drug-likeness (QED) is 0.549. The number of aromatic hydroxyl groups is 2. The van der Waals surface area contributed by atoms with Gasteiger partial charge < -0.3 is 10.2 Å². The first-order valence-corrected chi connectivity index (χ1v) is 4.36. The smallest absolute Gasteiger partial charge is 0.261 e. The second kappa shape index (κ2) is 3.89. The minimum Gasteiger partial charge on any atom is -0.508 e. The third-order valence-corrected chi connectivity index (χ3v) is 1.87. The first kappa shape index (κ1) is 9.97. The number of amides is 1. The summed E-state index contributed by atoms with van der Waals surface area (Å²) < 4.78 is 0. The van der Waals surface area contributed by atoms with Crippen LogP contribution in [0.5, 0.6) is 11.5 Å². The monoisotopic (exact) mass is 220 g/mol. The van der Waals surface area contributed by atoms with E-state index >= 15 is 0 Å². The zero-order chi connectivity index (χ0) is 11.5. The number of nitrogens with one attached hydrogen (secondary N) is 2. The van der Waals surface area contributed by atoms with Crippen molar-refractivity contribution in [2.45, 2.75) is 0 Å². The molecule has 0 bridgehead atoms. The normalized spacial score (nSPS) is 10.0. The predicted octanol–water partition coefficient (Wildman–Crippen LogP) is 0.468. The van der Waals surface area contributed by atoms with Crippen LogP contribution < -0.4 is 5.32 Å². The van der Waals surface area contributed by atoms with Gasteiger partial charge in [0.1, 0.15) is 17.8 Å². The Hall–Kier alpha value is -2.57. The Labute approximate surface area is 89.8 Å². The summed E-state index contributed by atoms with van der Waals surface area (Å²) in [7, 11) is 0. The number of rotatable bonds is 2. The number of hydrogen-bond donors (Lipinski definition) is 4. The number of phenolic OH excluding ortho intramolecular Hbond substituents is 2. The lowest BCUT2D eigenvalue weighted by molar-refractivity contribution is 0.102. The summed E-state index contributed by atoms with van der Waals surface area (Å²) in [5.74, 6) is -0.857. The van der Waals surface area contributed by atoms with Crippen LogP contribution in [-0.4, -0.2) is 31.3 Å². The van der Waals surface area contributed by atoms with E-state index in [4.69, 9.17) is 0 Å². The van der Waals surface area contributed by atoms with Gasteiger partial charge in [0, 0.05) is 0 Å². The number of anilines is 1. The number of aromatic nitrogens is 3. The second-order valence-electron chi connectivity index (χ2n) is 2.98. The molecule has 1 heterocycles. The third-order valence-electron chi connectivity index (χ3n) is 1.87. The molecule has 0 fully saturated rings. The van der Waals surface area contributed by atoms with Crippen LogP contribution in [0, 0.1) is 0 Å². The molecule has 0 aliphatic heterocycles. The number of hydrogen-bond acceptors (Lipinski definition) is 5. The van der Waals surface area contributed by atoms with Gasteiger partial charge in [0.2, 0.25) is 5.95 Å². The summed E-state index contributed by atoms with van der Waals surface area (Å²) in [4.78, 5) is 15.3. The van der Waals surface area contributed by atoms with E-state index in [2.05, 4.69) is 20.5 Å². The summed E-state index contributed by atoms with van der Waals surface area (Å²) in [6.45, 7) is 0. The van der Waals surface area contributed by atoms with Gasteiger partial charge in [0.05, 0.1) is 5.56 Å². The van der Waals surface area contributed by atoms with Crippen molar-refractivity contribution in [2.24, 2.45) is 0 Å². The van der Waals surface area contributed by atoms with Gasteiger partial charge in [-0.15, -0.1) is 5.10 Å². The largest absolute Gasteiger partial charge is 0.508 e. The third kappa shape index (κ3) is 1.92. The zero-order valence-electron chi connectivity index (χ0n) is 8.01. The van der Waals surface area contributed by atoms with Crippen LogP contribution in [0.2, 0.25) is 0 Å². The highest BCUT2D eigenvalue weighted by molar-refractivity contribution is 6.05. The Balaban J connectivity index is 2.24. The van der Waals surface area contributed by atoms with Gasteiger partial charge in [-0.05, 0) is 18.2 Å². The first-order valence-electron chi connectivity index (χ1n) is 4.36. The van der Waals surface area contributed by atoms with Crippen LogP contribution in [0.3, 0.4) is 0 Å². The van der Waals surface area contributed by atoms with Gasteiger partial charge in [-0.25, -0.2) is 4.98 Å². The molecule has 0 saturated carbocycles. The van der Waals surface area contributed by atoms with Crippen molar-refractivity contribution < 1.29 is 15.0 Å². The van der Waals surface area contributed by atoms with E-state index in [1.165, 1.54) is 18.5 Å². The highest BCUT2D eigenvalue weighted by atomic mass is 16.3. The molecule has 7 nitrogen and oxygen atoms in total.